The zero-order valence-electron chi connectivity index (χ0n) is 7.52. The summed E-state index contributed by atoms with van der Waals surface area (Å²) in [6, 6.07) is 3.32. The molecule has 0 saturated carbocycles. The van der Waals surface area contributed by atoms with Crippen LogP contribution in [0.2, 0.25) is 0 Å². The molecule has 13 heavy (non-hydrogen) atoms. The molecule has 0 aliphatic heterocycles. The van der Waals surface area contributed by atoms with Crippen molar-refractivity contribution in [1.82, 2.24) is 4.31 Å². The molecule has 74 valence electrons. The van der Waals surface area contributed by atoms with E-state index < -0.39 is 10.0 Å². The van der Waals surface area contributed by atoms with Crippen molar-refractivity contribution in [3.05, 3.63) is 17.0 Å². The monoisotopic (exact) mass is 220 g/mol. The Kier molecular flexibility index (Phi) is 3.07. The molecule has 1 aromatic heterocycles. The number of nitrogens with zero attached hydrogens (tertiary/aromatic N) is 1. The smallest absolute Gasteiger partial charge is 0.252 e. The highest BCUT2D eigenvalue weighted by Crippen LogP contribution is 2.22. The molecule has 0 bridgehead atoms. The lowest BCUT2D eigenvalue weighted by atomic mass is 10.5. The van der Waals surface area contributed by atoms with E-state index >= 15 is 0 Å². The third-order valence-electron chi connectivity index (χ3n) is 1.57. The lowest BCUT2D eigenvalue weighted by Crippen LogP contribution is -2.21. The second kappa shape index (κ2) is 3.75. The Morgan fingerprint density at radius 2 is 2.08 bits per heavy atom. The molecular weight excluding hydrogens is 208 g/mol. The lowest BCUT2D eigenvalue weighted by molar-refractivity contribution is 0.523. The molecule has 0 saturated heterocycles. The third-order valence-corrected chi connectivity index (χ3v) is 4.96. The molecule has 1 heterocycles. The number of nitrogens with two attached hydrogens (primary N) is 1. The van der Waals surface area contributed by atoms with Crippen molar-refractivity contribution < 1.29 is 8.42 Å². The normalized spacial score (nSPS) is 12.3. The van der Waals surface area contributed by atoms with E-state index in [0.717, 1.165) is 4.88 Å². The fourth-order valence-electron chi connectivity index (χ4n) is 0.787. The molecule has 1 aromatic rings. The van der Waals surface area contributed by atoms with Crippen LogP contribution in [0, 0.1) is 0 Å². The quantitative estimate of drug-likeness (QED) is 0.804. The summed E-state index contributed by atoms with van der Waals surface area (Å²) < 4.78 is 24.7. The van der Waals surface area contributed by atoms with Crippen molar-refractivity contribution in [3.63, 3.8) is 0 Å². The first-order chi connectivity index (χ1) is 5.98. The summed E-state index contributed by atoms with van der Waals surface area (Å²) >= 11 is 1.21. The van der Waals surface area contributed by atoms with Gasteiger partial charge < -0.3 is 5.73 Å². The third kappa shape index (κ3) is 2.08. The van der Waals surface area contributed by atoms with Crippen molar-refractivity contribution in [1.29, 1.82) is 0 Å². The van der Waals surface area contributed by atoms with Crippen molar-refractivity contribution in [2.45, 2.75) is 10.8 Å². The molecule has 0 atom stereocenters. The topological polar surface area (TPSA) is 63.4 Å². The summed E-state index contributed by atoms with van der Waals surface area (Å²) in [5.41, 5.74) is 5.38. The van der Waals surface area contributed by atoms with E-state index in [-0.39, 0.29) is 0 Å². The first kappa shape index (κ1) is 10.6. The second-order valence-corrected chi connectivity index (χ2v) is 6.26. The highest BCUT2D eigenvalue weighted by molar-refractivity contribution is 7.91. The van der Waals surface area contributed by atoms with Gasteiger partial charge in [0, 0.05) is 25.5 Å². The Labute approximate surface area is 82.0 Å². The van der Waals surface area contributed by atoms with Crippen LogP contribution in [0.1, 0.15) is 4.88 Å². The van der Waals surface area contributed by atoms with Gasteiger partial charge in [-0.25, -0.2) is 12.7 Å². The maximum Gasteiger partial charge on any atom is 0.252 e. The predicted molar refractivity (Wildman–Crippen MR) is 53.1 cm³/mol. The van der Waals surface area contributed by atoms with Gasteiger partial charge in [-0.1, -0.05) is 0 Å². The number of hydrogen-bond acceptors (Lipinski definition) is 4. The van der Waals surface area contributed by atoms with Crippen LogP contribution < -0.4 is 5.73 Å². The minimum absolute atomic E-state index is 0.345. The van der Waals surface area contributed by atoms with Gasteiger partial charge in [0.2, 0.25) is 0 Å². The van der Waals surface area contributed by atoms with E-state index in [1.807, 2.05) is 0 Å². The molecule has 0 aliphatic rings. The molecule has 0 spiro atoms. The van der Waals surface area contributed by atoms with Gasteiger partial charge in [0.25, 0.3) is 10.0 Å². The molecule has 1 rings (SSSR count). The Hall–Kier alpha value is -0.430. The molecule has 0 aliphatic carbocycles. The first-order valence-corrected chi connectivity index (χ1v) is 5.95. The molecule has 2 N–H and O–H groups in total. The Morgan fingerprint density at radius 1 is 1.46 bits per heavy atom. The number of sulfonamides is 1. The summed E-state index contributed by atoms with van der Waals surface area (Å²) in [4.78, 5) is 0.875. The number of rotatable bonds is 3. The second-order valence-electron chi connectivity index (χ2n) is 2.71. The van der Waals surface area contributed by atoms with Crippen LogP contribution in [-0.4, -0.2) is 26.8 Å². The minimum atomic E-state index is -3.27. The van der Waals surface area contributed by atoms with E-state index in [0.29, 0.717) is 10.8 Å². The average Bonchev–Trinajstić information content (AvgIpc) is 2.51. The minimum Gasteiger partial charge on any atom is -0.326 e. The summed E-state index contributed by atoms with van der Waals surface area (Å²) in [5.74, 6) is 0. The number of thiophene rings is 1. The van der Waals surface area contributed by atoms with E-state index in [2.05, 4.69) is 0 Å². The van der Waals surface area contributed by atoms with Crippen LogP contribution in [0.4, 0.5) is 0 Å². The summed E-state index contributed by atoms with van der Waals surface area (Å²) in [6.45, 7) is 0.383. The van der Waals surface area contributed by atoms with Crippen LogP contribution in [0.3, 0.4) is 0 Å². The van der Waals surface area contributed by atoms with Gasteiger partial charge in [-0.15, -0.1) is 11.3 Å². The van der Waals surface area contributed by atoms with Gasteiger partial charge in [0.15, 0.2) is 0 Å². The maximum absolute atomic E-state index is 11.6. The zero-order chi connectivity index (χ0) is 10.1. The molecule has 6 heteroatoms. The van der Waals surface area contributed by atoms with Gasteiger partial charge in [0.05, 0.1) is 0 Å². The number of hydrogen-bond donors (Lipinski definition) is 1. The molecule has 0 aromatic carbocycles. The van der Waals surface area contributed by atoms with Crippen LogP contribution >= 0.6 is 11.3 Å². The largest absolute Gasteiger partial charge is 0.326 e. The molecule has 0 radical (unpaired) electrons. The predicted octanol–water partition coefficient (Wildman–Crippen LogP) is 0.457. The lowest BCUT2D eigenvalue weighted by Gasteiger charge is -2.08. The Bertz CT molecular complexity index is 381. The van der Waals surface area contributed by atoms with Crippen LogP contribution in [0.5, 0.6) is 0 Å². The van der Waals surface area contributed by atoms with Crippen molar-refractivity contribution in [2.24, 2.45) is 5.73 Å². The highest BCUT2D eigenvalue weighted by Gasteiger charge is 2.18. The van der Waals surface area contributed by atoms with E-state index in [1.165, 1.54) is 29.7 Å². The van der Waals surface area contributed by atoms with Crippen LogP contribution in [0.15, 0.2) is 16.3 Å². The molecule has 4 nitrogen and oxygen atoms in total. The van der Waals surface area contributed by atoms with Gasteiger partial charge in [0.1, 0.15) is 4.21 Å². The SMILES string of the molecule is CN(C)S(=O)(=O)c1ccc(CN)s1. The summed E-state index contributed by atoms with van der Waals surface area (Å²) in [7, 11) is -0.248. The van der Waals surface area contributed by atoms with Gasteiger partial charge in [-0.3, -0.25) is 0 Å². The molecular formula is C7H12N2O2S2. The maximum atomic E-state index is 11.6. The first-order valence-electron chi connectivity index (χ1n) is 3.70. The average molecular weight is 220 g/mol. The summed E-state index contributed by atoms with van der Waals surface area (Å²) in [5, 5.41) is 0. The fourth-order valence-corrected chi connectivity index (χ4v) is 3.19. The van der Waals surface area contributed by atoms with Crippen molar-refractivity contribution in [3.8, 4) is 0 Å². The van der Waals surface area contributed by atoms with Crippen LogP contribution in [0.25, 0.3) is 0 Å². The fraction of sp³-hybridized carbons (Fsp3) is 0.429. The Balaban J connectivity index is 3.09. The molecule has 0 amide bonds. The highest BCUT2D eigenvalue weighted by atomic mass is 32.2. The van der Waals surface area contributed by atoms with Gasteiger partial charge >= 0.3 is 0 Å². The Morgan fingerprint density at radius 3 is 2.46 bits per heavy atom. The zero-order valence-corrected chi connectivity index (χ0v) is 9.15. The molecule has 0 unspecified atom stereocenters. The molecule has 0 fully saturated rings. The summed E-state index contributed by atoms with van der Waals surface area (Å²) in [6.07, 6.45) is 0. The van der Waals surface area contributed by atoms with E-state index in [1.54, 1.807) is 12.1 Å². The van der Waals surface area contributed by atoms with Crippen molar-refractivity contribution >= 4 is 21.4 Å². The van der Waals surface area contributed by atoms with E-state index in [4.69, 9.17) is 5.73 Å². The van der Waals surface area contributed by atoms with Crippen LogP contribution in [-0.2, 0) is 16.6 Å². The van der Waals surface area contributed by atoms with E-state index in [9.17, 15) is 8.42 Å². The van der Waals surface area contributed by atoms with Crippen molar-refractivity contribution in [2.75, 3.05) is 14.1 Å². The standard InChI is InChI=1S/C7H12N2O2S2/c1-9(2)13(10,11)7-4-3-6(5-8)12-7/h3-4H,5,8H2,1-2H3. The van der Waals surface area contributed by atoms with Gasteiger partial charge in [-0.05, 0) is 12.1 Å². The van der Waals surface area contributed by atoms with Gasteiger partial charge in [-0.2, -0.15) is 0 Å².